The molecule has 5 nitrogen and oxygen atoms in total. The van der Waals surface area contributed by atoms with E-state index >= 15 is 0 Å². The second-order valence-electron chi connectivity index (χ2n) is 8.83. The predicted molar refractivity (Wildman–Crippen MR) is 111 cm³/mol. The van der Waals surface area contributed by atoms with Crippen molar-refractivity contribution in [1.82, 2.24) is 10.2 Å². The summed E-state index contributed by atoms with van der Waals surface area (Å²) in [5.41, 5.74) is 2.51. The van der Waals surface area contributed by atoms with Gasteiger partial charge < -0.3 is 14.8 Å². The van der Waals surface area contributed by atoms with Crippen LogP contribution in [0.4, 0.5) is 0 Å². The second-order valence-corrected chi connectivity index (χ2v) is 8.83. The fraction of sp³-hybridized carbons (Fsp3) is 0.696. The largest absolute Gasteiger partial charge is 0.350 e. The zero-order chi connectivity index (χ0) is 20.1. The number of carbonyl (C=O) groups excluding carboxylic acids is 1. The third kappa shape index (κ3) is 5.56. The summed E-state index contributed by atoms with van der Waals surface area (Å²) in [6.07, 6.45) is 2.03. The average Bonchev–Trinajstić information content (AvgIpc) is 3.21. The maximum absolute atomic E-state index is 12.7. The summed E-state index contributed by atoms with van der Waals surface area (Å²) >= 11 is 0. The van der Waals surface area contributed by atoms with Gasteiger partial charge in [-0.3, -0.25) is 9.69 Å². The van der Waals surface area contributed by atoms with Gasteiger partial charge in [-0.05, 0) is 48.9 Å². The number of amides is 1. The van der Waals surface area contributed by atoms with Gasteiger partial charge in [-0.1, -0.05) is 52.0 Å². The number of nitrogens with one attached hydrogen (secondary N) is 1. The van der Waals surface area contributed by atoms with Crippen LogP contribution in [0.1, 0.15) is 63.6 Å². The maximum atomic E-state index is 12.7. The van der Waals surface area contributed by atoms with Gasteiger partial charge >= 0.3 is 0 Å². The lowest BCUT2D eigenvalue weighted by Gasteiger charge is -2.34. The van der Waals surface area contributed by atoms with E-state index in [1.165, 1.54) is 11.1 Å². The zero-order valence-corrected chi connectivity index (χ0v) is 17.8. The molecule has 2 aliphatic heterocycles. The number of ether oxygens (including phenoxy) is 2. The zero-order valence-electron chi connectivity index (χ0n) is 17.8. The van der Waals surface area contributed by atoms with Gasteiger partial charge in [0.2, 0.25) is 5.91 Å². The van der Waals surface area contributed by atoms with Crippen LogP contribution in [-0.2, 0) is 14.3 Å². The van der Waals surface area contributed by atoms with Gasteiger partial charge in [0.15, 0.2) is 6.29 Å². The quantitative estimate of drug-likeness (QED) is 0.774. The van der Waals surface area contributed by atoms with Crippen molar-refractivity contribution < 1.29 is 14.3 Å². The molecule has 1 atom stereocenters. The number of nitrogens with zero attached hydrogens (tertiary/aromatic N) is 1. The molecular weight excluding hydrogens is 352 g/mol. The molecule has 2 aliphatic rings. The first-order valence-electron chi connectivity index (χ1n) is 10.8. The third-order valence-corrected chi connectivity index (χ3v) is 5.98. The minimum atomic E-state index is -0.0323. The Kier molecular flexibility index (Phi) is 7.49. The van der Waals surface area contributed by atoms with Gasteiger partial charge in [0.1, 0.15) is 0 Å². The van der Waals surface area contributed by atoms with Crippen LogP contribution < -0.4 is 5.32 Å². The molecule has 2 fully saturated rings. The molecule has 1 N–H and O–H groups in total. The van der Waals surface area contributed by atoms with Crippen LogP contribution in [0.3, 0.4) is 0 Å². The number of hydrogen-bond donors (Lipinski definition) is 1. The van der Waals surface area contributed by atoms with Crippen LogP contribution in [-0.4, -0.2) is 49.9 Å². The molecular formula is C23H36N2O3. The van der Waals surface area contributed by atoms with Crippen molar-refractivity contribution >= 4 is 5.91 Å². The van der Waals surface area contributed by atoms with Crippen LogP contribution in [0.25, 0.3) is 0 Å². The Morgan fingerprint density at radius 2 is 1.61 bits per heavy atom. The Morgan fingerprint density at radius 1 is 1.04 bits per heavy atom. The standard InChI is InChI=1S/C23H36N2O3/c1-16(2)18-5-7-19(8-6-18)22(17(3)4)24-21(26)15-25-11-9-20(10-12-25)23-27-13-14-28-23/h5-8,16-17,20,22-23H,9-15H2,1-4H3,(H,24,26). The average molecular weight is 389 g/mol. The molecule has 1 amide bonds. The highest BCUT2D eigenvalue weighted by Crippen LogP contribution is 2.26. The molecule has 1 unspecified atom stereocenters. The molecule has 0 radical (unpaired) electrons. The lowest BCUT2D eigenvalue weighted by atomic mass is 9.93. The Labute approximate surface area is 169 Å². The minimum absolute atomic E-state index is 0.0323. The molecule has 156 valence electrons. The lowest BCUT2D eigenvalue weighted by molar-refractivity contribution is -0.125. The van der Waals surface area contributed by atoms with Crippen LogP contribution in [0.15, 0.2) is 24.3 Å². The summed E-state index contributed by atoms with van der Waals surface area (Å²) in [4.78, 5) is 15.0. The predicted octanol–water partition coefficient (Wildman–Crippen LogP) is 3.71. The molecule has 0 aliphatic carbocycles. The molecule has 1 aromatic carbocycles. The van der Waals surface area contributed by atoms with E-state index in [4.69, 9.17) is 9.47 Å². The van der Waals surface area contributed by atoms with Crippen molar-refractivity contribution in [3.63, 3.8) is 0 Å². The van der Waals surface area contributed by atoms with Crippen LogP contribution in [0, 0.1) is 11.8 Å². The number of piperidine rings is 1. The highest BCUT2D eigenvalue weighted by atomic mass is 16.7. The molecule has 3 rings (SSSR count). The van der Waals surface area contributed by atoms with E-state index in [1.807, 2.05) is 0 Å². The van der Waals surface area contributed by atoms with E-state index in [-0.39, 0.29) is 18.2 Å². The van der Waals surface area contributed by atoms with Crippen molar-refractivity contribution in [3.8, 4) is 0 Å². The second kappa shape index (κ2) is 9.86. The first-order chi connectivity index (χ1) is 13.4. The van der Waals surface area contributed by atoms with Crippen molar-refractivity contribution in [2.24, 2.45) is 11.8 Å². The SMILES string of the molecule is CC(C)c1ccc(C(NC(=O)CN2CCC(C3OCCO3)CC2)C(C)C)cc1. The third-order valence-electron chi connectivity index (χ3n) is 5.98. The van der Waals surface area contributed by atoms with Crippen molar-refractivity contribution in [3.05, 3.63) is 35.4 Å². The Hall–Kier alpha value is -1.43. The van der Waals surface area contributed by atoms with Crippen molar-refractivity contribution in [1.29, 1.82) is 0 Å². The summed E-state index contributed by atoms with van der Waals surface area (Å²) in [5, 5.41) is 3.27. The van der Waals surface area contributed by atoms with E-state index in [2.05, 4.69) is 62.2 Å². The minimum Gasteiger partial charge on any atom is -0.350 e. The first-order valence-corrected chi connectivity index (χ1v) is 10.8. The van der Waals surface area contributed by atoms with Crippen LogP contribution >= 0.6 is 0 Å². The van der Waals surface area contributed by atoms with E-state index < -0.39 is 0 Å². The van der Waals surface area contributed by atoms with E-state index in [0.717, 1.165) is 25.9 Å². The summed E-state index contributed by atoms with van der Waals surface area (Å²) in [6, 6.07) is 8.73. The van der Waals surface area contributed by atoms with Gasteiger partial charge in [-0.15, -0.1) is 0 Å². The molecule has 2 heterocycles. The normalized spacial score (nSPS) is 20.8. The molecule has 0 bridgehead atoms. The maximum Gasteiger partial charge on any atom is 0.234 e. The fourth-order valence-electron chi connectivity index (χ4n) is 4.18. The molecule has 0 saturated carbocycles. The summed E-state index contributed by atoms with van der Waals surface area (Å²) in [7, 11) is 0. The molecule has 0 spiro atoms. The number of hydrogen-bond acceptors (Lipinski definition) is 4. The highest BCUT2D eigenvalue weighted by molar-refractivity contribution is 5.78. The van der Waals surface area contributed by atoms with E-state index in [0.29, 0.717) is 37.5 Å². The van der Waals surface area contributed by atoms with Gasteiger partial charge in [-0.2, -0.15) is 0 Å². The summed E-state index contributed by atoms with van der Waals surface area (Å²) in [5.74, 6) is 1.43. The van der Waals surface area contributed by atoms with Crippen LogP contribution in [0.2, 0.25) is 0 Å². The molecule has 2 saturated heterocycles. The number of likely N-dealkylation sites (tertiary alicyclic amines) is 1. The Balaban J connectivity index is 1.50. The summed E-state index contributed by atoms with van der Waals surface area (Å²) < 4.78 is 11.3. The van der Waals surface area contributed by atoms with Crippen molar-refractivity contribution in [2.45, 2.75) is 58.8 Å². The van der Waals surface area contributed by atoms with Crippen LogP contribution in [0.5, 0.6) is 0 Å². The fourth-order valence-corrected chi connectivity index (χ4v) is 4.18. The molecule has 0 aromatic heterocycles. The molecule has 28 heavy (non-hydrogen) atoms. The number of benzene rings is 1. The van der Waals surface area contributed by atoms with E-state index in [1.54, 1.807) is 0 Å². The molecule has 5 heteroatoms. The van der Waals surface area contributed by atoms with Gasteiger partial charge in [0.25, 0.3) is 0 Å². The summed E-state index contributed by atoms with van der Waals surface area (Å²) in [6.45, 7) is 12.5. The van der Waals surface area contributed by atoms with E-state index in [9.17, 15) is 4.79 Å². The van der Waals surface area contributed by atoms with Gasteiger partial charge in [0.05, 0.1) is 25.8 Å². The first kappa shape index (κ1) is 21.3. The smallest absolute Gasteiger partial charge is 0.234 e. The Morgan fingerprint density at radius 3 is 2.14 bits per heavy atom. The molecule has 1 aromatic rings. The topological polar surface area (TPSA) is 50.8 Å². The monoisotopic (exact) mass is 388 g/mol. The van der Waals surface area contributed by atoms with Crippen molar-refractivity contribution in [2.75, 3.05) is 32.8 Å². The highest BCUT2D eigenvalue weighted by Gasteiger charge is 2.31. The van der Waals surface area contributed by atoms with Gasteiger partial charge in [0, 0.05) is 5.92 Å². The number of carbonyl (C=O) groups is 1. The Bertz CT molecular complexity index is 615. The number of rotatable bonds is 7. The lowest BCUT2D eigenvalue weighted by Crippen LogP contribution is -2.44. The van der Waals surface area contributed by atoms with Gasteiger partial charge in [-0.25, -0.2) is 0 Å².